The van der Waals surface area contributed by atoms with Crippen LogP contribution in [0.4, 0.5) is 10.3 Å². The van der Waals surface area contributed by atoms with Crippen LogP contribution in [-0.4, -0.2) is 74.5 Å². The first-order valence-corrected chi connectivity index (χ1v) is 13.2. The Kier molecular flexibility index (Phi) is 6.78. The fourth-order valence-electron chi connectivity index (χ4n) is 4.32. The van der Waals surface area contributed by atoms with E-state index in [0.29, 0.717) is 35.3 Å². The standard InChI is InChI=1S/C25H28FN5O4S/c1-29-12-14-30(15-13-29)25-27-23-10-11-31(36(32,33)21-8-6-18(26)7-9-21)17-22(23)24(28-25)35-20-5-3-4-19(16-20)34-2/h3-9,16H,10-15,17H2,1-2H3. The Morgan fingerprint density at radius 3 is 2.39 bits per heavy atom. The van der Waals surface area contributed by atoms with E-state index in [1.165, 1.54) is 16.4 Å². The number of halogens is 1. The van der Waals surface area contributed by atoms with Gasteiger partial charge in [0.2, 0.25) is 21.9 Å². The molecule has 1 fully saturated rings. The van der Waals surface area contributed by atoms with Crippen molar-refractivity contribution in [3.05, 3.63) is 65.6 Å². The predicted octanol–water partition coefficient (Wildman–Crippen LogP) is 2.92. The summed E-state index contributed by atoms with van der Waals surface area (Å²) in [4.78, 5) is 14.0. The number of sulfonamides is 1. The first-order chi connectivity index (χ1) is 17.3. The van der Waals surface area contributed by atoms with Crippen LogP contribution in [0.1, 0.15) is 11.3 Å². The number of likely N-dealkylation sites (N-methyl/N-ethyl adjacent to an activating group) is 1. The van der Waals surface area contributed by atoms with Crippen LogP contribution < -0.4 is 14.4 Å². The Balaban J connectivity index is 1.51. The molecule has 0 atom stereocenters. The van der Waals surface area contributed by atoms with E-state index in [9.17, 15) is 12.8 Å². The van der Waals surface area contributed by atoms with Crippen LogP contribution in [-0.2, 0) is 23.0 Å². The molecule has 3 heterocycles. The molecule has 190 valence electrons. The summed E-state index contributed by atoms with van der Waals surface area (Å²) in [6, 6.07) is 12.0. The third kappa shape index (κ3) is 4.99. The molecule has 5 rings (SSSR count). The summed E-state index contributed by atoms with van der Waals surface area (Å²) in [5.74, 6) is 1.57. The van der Waals surface area contributed by atoms with Crippen molar-refractivity contribution in [2.24, 2.45) is 0 Å². The van der Waals surface area contributed by atoms with Crippen LogP contribution in [0.25, 0.3) is 0 Å². The van der Waals surface area contributed by atoms with Gasteiger partial charge in [0.15, 0.2) is 0 Å². The quantitative estimate of drug-likeness (QED) is 0.497. The van der Waals surface area contributed by atoms with Crippen molar-refractivity contribution in [3.8, 4) is 17.4 Å². The van der Waals surface area contributed by atoms with E-state index >= 15 is 0 Å². The molecule has 36 heavy (non-hydrogen) atoms. The van der Waals surface area contributed by atoms with E-state index in [1.807, 2.05) is 12.1 Å². The number of nitrogens with zero attached hydrogens (tertiary/aromatic N) is 5. The van der Waals surface area contributed by atoms with Gasteiger partial charge < -0.3 is 19.3 Å². The predicted molar refractivity (Wildman–Crippen MR) is 133 cm³/mol. The van der Waals surface area contributed by atoms with Crippen molar-refractivity contribution in [1.82, 2.24) is 19.2 Å². The zero-order chi connectivity index (χ0) is 25.3. The third-order valence-corrected chi connectivity index (χ3v) is 8.33. The van der Waals surface area contributed by atoms with Crippen LogP contribution in [0.3, 0.4) is 0 Å². The zero-order valence-electron chi connectivity index (χ0n) is 20.2. The molecule has 9 nitrogen and oxygen atoms in total. The average Bonchev–Trinajstić information content (AvgIpc) is 2.89. The molecule has 0 N–H and O–H groups in total. The molecule has 1 saturated heterocycles. The number of aromatic nitrogens is 2. The molecule has 0 bridgehead atoms. The lowest BCUT2D eigenvalue weighted by Gasteiger charge is -2.34. The lowest BCUT2D eigenvalue weighted by atomic mass is 10.1. The van der Waals surface area contributed by atoms with Gasteiger partial charge in [-0.05, 0) is 43.4 Å². The highest BCUT2D eigenvalue weighted by Gasteiger charge is 2.33. The number of hydrogen-bond donors (Lipinski definition) is 0. The van der Waals surface area contributed by atoms with Crippen LogP contribution >= 0.6 is 0 Å². The van der Waals surface area contributed by atoms with Crippen molar-refractivity contribution in [1.29, 1.82) is 0 Å². The SMILES string of the molecule is COc1cccc(Oc2nc(N3CCN(C)CC3)nc3c2CN(S(=O)(=O)c2ccc(F)cc2)CC3)c1. The third-order valence-electron chi connectivity index (χ3n) is 6.47. The first-order valence-electron chi connectivity index (χ1n) is 11.7. The largest absolute Gasteiger partial charge is 0.497 e. The maximum Gasteiger partial charge on any atom is 0.243 e. The van der Waals surface area contributed by atoms with E-state index < -0.39 is 15.8 Å². The Bertz CT molecular complexity index is 1350. The van der Waals surface area contributed by atoms with Gasteiger partial charge in [-0.25, -0.2) is 17.8 Å². The molecule has 0 aliphatic carbocycles. The average molecular weight is 514 g/mol. The van der Waals surface area contributed by atoms with Gasteiger partial charge in [0.05, 0.1) is 23.3 Å². The monoisotopic (exact) mass is 513 g/mol. The molecular weight excluding hydrogens is 485 g/mol. The van der Waals surface area contributed by atoms with Crippen molar-refractivity contribution in [3.63, 3.8) is 0 Å². The molecule has 3 aromatic rings. The van der Waals surface area contributed by atoms with Crippen LogP contribution in [0.15, 0.2) is 53.4 Å². The molecule has 1 aromatic heterocycles. The second kappa shape index (κ2) is 10.00. The van der Waals surface area contributed by atoms with Crippen molar-refractivity contribution >= 4 is 16.0 Å². The molecule has 2 aliphatic heterocycles. The van der Waals surface area contributed by atoms with Gasteiger partial charge in [0.25, 0.3) is 0 Å². The Morgan fingerprint density at radius 1 is 0.944 bits per heavy atom. The van der Waals surface area contributed by atoms with E-state index in [2.05, 4.69) is 16.8 Å². The number of hydrogen-bond acceptors (Lipinski definition) is 8. The number of piperazine rings is 1. The highest BCUT2D eigenvalue weighted by Crippen LogP contribution is 2.34. The highest BCUT2D eigenvalue weighted by molar-refractivity contribution is 7.89. The molecule has 11 heteroatoms. The summed E-state index contributed by atoms with van der Waals surface area (Å²) >= 11 is 0. The molecule has 0 saturated carbocycles. The van der Waals surface area contributed by atoms with Crippen molar-refractivity contribution < 1.29 is 22.3 Å². The minimum Gasteiger partial charge on any atom is -0.497 e. The van der Waals surface area contributed by atoms with Gasteiger partial charge in [-0.1, -0.05) is 6.07 Å². The van der Waals surface area contributed by atoms with Crippen LogP contribution in [0, 0.1) is 5.82 Å². The fourth-order valence-corrected chi connectivity index (χ4v) is 5.72. The van der Waals surface area contributed by atoms with Crippen molar-refractivity contribution in [2.75, 3.05) is 51.8 Å². The molecular formula is C25H28FN5O4S. The van der Waals surface area contributed by atoms with E-state index in [1.54, 1.807) is 19.2 Å². The number of rotatable bonds is 6. The topological polar surface area (TPSA) is 88.1 Å². The van der Waals surface area contributed by atoms with E-state index in [0.717, 1.165) is 44.0 Å². The lowest BCUT2D eigenvalue weighted by Crippen LogP contribution is -2.45. The van der Waals surface area contributed by atoms with E-state index in [4.69, 9.17) is 19.4 Å². The van der Waals surface area contributed by atoms with Crippen molar-refractivity contribution in [2.45, 2.75) is 17.9 Å². The summed E-state index contributed by atoms with van der Waals surface area (Å²) in [6.45, 7) is 3.69. The number of fused-ring (bicyclic) bond motifs is 1. The Labute approximate surface area is 210 Å². The highest BCUT2D eigenvalue weighted by atomic mass is 32.2. The van der Waals surface area contributed by atoms with Gasteiger partial charge in [0.1, 0.15) is 17.3 Å². The summed E-state index contributed by atoms with van der Waals surface area (Å²) in [5, 5.41) is 0. The summed E-state index contributed by atoms with van der Waals surface area (Å²) in [7, 11) is -0.178. The Hall–Kier alpha value is -3.28. The zero-order valence-corrected chi connectivity index (χ0v) is 21.0. The van der Waals surface area contributed by atoms with Gasteiger partial charge in [-0.15, -0.1) is 0 Å². The molecule has 2 aromatic carbocycles. The maximum atomic E-state index is 13.4. The van der Waals surface area contributed by atoms with Gasteiger partial charge >= 0.3 is 0 Å². The fraction of sp³-hybridized carbons (Fsp3) is 0.360. The maximum absolute atomic E-state index is 13.4. The molecule has 2 aliphatic rings. The number of methoxy groups -OCH3 is 1. The normalized spacial score (nSPS) is 17.0. The number of benzene rings is 2. The molecule has 0 spiro atoms. The minimum absolute atomic E-state index is 0.0394. The number of anilines is 1. The minimum atomic E-state index is -3.84. The van der Waals surface area contributed by atoms with Gasteiger partial charge in [-0.2, -0.15) is 9.29 Å². The molecule has 0 unspecified atom stereocenters. The van der Waals surface area contributed by atoms with E-state index in [-0.39, 0.29) is 18.0 Å². The van der Waals surface area contributed by atoms with Gasteiger partial charge in [-0.3, -0.25) is 0 Å². The summed E-state index contributed by atoms with van der Waals surface area (Å²) < 4.78 is 52.9. The second-order valence-corrected chi connectivity index (χ2v) is 10.8. The molecule has 0 amide bonds. The van der Waals surface area contributed by atoms with Crippen LogP contribution in [0.5, 0.6) is 17.4 Å². The van der Waals surface area contributed by atoms with Gasteiger partial charge in [0, 0.05) is 51.8 Å². The Morgan fingerprint density at radius 2 is 1.67 bits per heavy atom. The smallest absolute Gasteiger partial charge is 0.243 e. The molecule has 0 radical (unpaired) electrons. The number of ether oxygens (including phenoxy) is 2. The summed E-state index contributed by atoms with van der Waals surface area (Å²) in [5.41, 5.74) is 1.38. The summed E-state index contributed by atoms with van der Waals surface area (Å²) in [6.07, 6.45) is 0.410. The lowest BCUT2D eigenvalue weighted by molar-refractivity contribution is 0.310. The van der Waals surface area contributed by atoms with Crippen LogP contribution in [0.2, 0.25) is 0 Å². The first kappa shape index (κ1) is 24.4. The second-order valence-electron chi connectivity index (χ2n) is 8.87.